The maximum Gasteiger partial charge on any atom is 0.260 e. The van der Waals surface area contributed by atoms with Crippen molar-refractivity contribution in [3.63, 3.8) is 0 Å². The Labute approximate surface area is 192 Å². The van der Waals surface area contributed by atoms with Gasteiger partial charge in [0.2, 0.25) is 5.91 Å². The summed E-state index contributed by atoms with van der Waals surface area (Å²) in [5.41, 5.74) is 4.15. The van der Waals surface area contributed by atoms with Gasteiger partial charge in [0.1, 0.15) is 10.7 Å². The van der Waals surface area contributed by atoms with Gasteiger partial charge < -0.3 is 5.32 Å². The predicted octanol–water partition coefficient (Wildman–Crippen LogP) is 4.21. The van der Waals surface area contributed by atoms with Crippen molar-refractivity contribution in [2.24, 2.45) is 0 Å². The lowest BCUT2D eigenvalue weighted by atomic mass is 9.97. The predicted molar refractivity (Wildman–Crippen MR) is 127 cm³/mol. The quantitative estimate of drug-likeness (QED) is 0.402. The molecule has 1 aromatic carbocycles. The zero-order valence-electron chi connectivity index (χ0n) is 17.8. The first-order chi connectivity index (χ1) is 15.6. The number of thiophene rings is 1. The normalized spacial score (nSPS) is 13.8. The van der Waals surface area contributed by atoms with E-state index in [0.29, 0.717) is 16.8 Å². The van der Waals surface area contributed by atoms with E-state index in [-0.39, 0.29) is 11.7 Å². The average molecular weight is 464 g/mol. The molecule has 4 heterocycles. The van der Waals surface area contributed by atoms with Gasteiger partial charge in [-0.05, 0) is 62.8 Å². The Hall–Kier alpha value is -2.98. The number of benzene rings is 1. The molecule has 0 unspecified atom stereocenters. The molecular formula is C22H21N7OS2. The molecule has 1 N–H and O–H groups in total. The molecule has 0 spiro atoms. The highest BCUT2D eigenvalue weighted by Gasteiger charge is 2.25. The molecule has 0 radical (unpaired) electrons. The fraction of sp³-hybridized carbons (Fsp3) is 0.318. The zero-order valence-corrected chi connectivity index (χ0v) is 19.4. The van der Waals surface area contributed by atoms with Crippen molar-refractivity contribution in [2.75, 3.05) is 11.1 Å². The number of hydrogen-bond donors (Lipinski definition) is 1. The minimum absolute atomic E-state index is 0.0725. The molecule has 0 aliphatic heterocycles. The minimum atomic E-state index is -0.0725. The number of carbonyl (C=O) groups excluding carboxylic acids is 1. The molecule has 8 nitrogen and oxygen atoms in total. The smallest absolute Gasteiger partial charge is 0.260 e. The first-order valence-corrected chi connectivity index (χ1v) is 12.4. The lowest BCUT2D eigenvalue weighted by Crippen LogP contribution is -2.14. The van der Waals surface area contributed by atoms with E-state index in [2.05, 4.69) is 20.6 Å². The molecule has 1 aliphatic rings. The van der Waals surface area contributed by atoms with Crippen molar-refractivity contribution in [2.45, 2.75) is 44.7 Å². The first kappa shape index (κ1) is 19.7. The summed E-state index contributed by atoms with van der Waals surface area (Å²) in [4.78, 5) is 19.8. The number of nitrogens with one attached hydrogen (secondary N) is 1. The van der Waals surface area contributed by atoms with Crippen LogP contribution in [0.4, 0.5) is 5.69 Å². The molecule has 162 valence electrons. The highest BCUT2D eigenvalue weighted by molar-refractivity contribution is 7.99. The second-order valence-electron chi connectivity index (χ2n) is 8.11. The maximum atomic E-state index is 12.6. The van der Waals surface area contributed by atoms with Gasteiger partial charge in [-0.2, -0.15) is 4.52 Å². The van der Waals surface area contributed by atoms with Gasteiger partial charge in [0.15, 0.2) is 10.8 Å². The Balaban J connectivity index is 1.41. The van der Waals surface area contributed by atoms with Gasteiger partial charge in [-0.3, -0.25) is 4.79 Å². The summed E-state index contributed by atoms with van der Waals surface area (Å²) in [6, 6.07) is 7.79. The molecule has 10 heteroatoms. The van der Waals surface area contributed by atoms with Gasteiger partial charge >= 0.3 is 0 Å². The SMILES string of the molecule is Cc1cccc(NC(=O)CSc2nnc3n4nc(C)nc4c4c5c(sc4n23)CCCC5)c1. The molecule has 0 saturated carbocycles. The summed E-state index contributed by atoms with van der Waals surface area (Å²) in [7, 11) is 0. The molecule has 1 amide bonds. The number of fused-ring (bicyclic) bond motifs is 8. The van der Waals surface area contributed by atoms with Crippen LogP contribution in [0.2, 0.25) is 0 Å². The third-order valence-corrected chi connectivity index (χ3v) is 7.94. The van der Waals surface area contributed by atoms with E-state index in [0.717, 1.165) is 40.0 Å². The van der Waals surface area contributed by atoms with Crippen molar-refractivity contribution >= 4 is 56.3 Å². The Morgan fingerprint density at radius 3 is 2.97 bits per heavy atom. The standard InChI is InChI=1S/C22H21N7OS2/c1-12-6-5-7-14(10-12)24-17(30)11-31-22-26-25-21-28(22)20-18(19-23-13(2)27-29(19)21)15-8-3-4-9-16(15)32-20/h5-7,10H,3-4,8-9,11H2,1-2H3,(H,24,30). The Bertz CT molecular complexity index is 1510. The number of thioether (sulfide) groups is 1. The average Bonchev–Trinajstić information content (AvgIpc) is 3.46. The van der Waals surface area contributed by atoms with Crippen molar-refractivity contribution in [1.82, 2.24) is 29.2 Å². The number of hydrogen-bond acceptors (Lipinski definition) is 7. The van der Waals surface area contributed by atoms with Crippen molar-refractivity contribution in [1.29, 1.82) is 0 Å². The Morgan fingerprint density at radius 2 is 2.09 bits per heavy atom. The number of nitrogens with zero attached hydrogens (tertiary/aromatic N) is 6. The van der Waals surface area contributed by atoms with Crippen molar-refractivity contribution < 1.29 is 4.79 Å². The van der Waals surface area contributed by atoms with Gasteiger partial charge in [0.05, 0.1) is 11.1 Å². The third kappa shape index (κ3) is 3.17. The van der Waals surface area contributed by atoms with E-state index >= 15 is 0 Å². The van der Waals surface area contributed by atoms with Crippen LogP contribution in [0.3, 0.4) is 0 Å². The van der Waals surface area contributed by atoms with E-state index in [1.54, 1.807) is 15.9 Å². The van der Waals surface area contributed by atoms with Gasteiger partial charge in [0.25, 0.3) is 5.78 Å². The maximum absolute atomic E-state index is 12.6. The van der Waals surface area contributed by atoms with Crippen LogP contribution in [0.25, 0.3) is 21.6 Å². The molecule has 0 fully saturated rings. The van der Waals surface area contributed by atoms with E-state index in [9.17, 15) is 4.79 Å². The highest BCUT2D eigenvalue weighted by atomic mass is 32.2. The second-order valence-corrected chi connectivity index (χ2v) is 10.1. The van der Waals surface area contributed by atoms with Crippen LogP contribution in [0.1, 0.15) is 34.7 Å². The first-order valence-electron chi connectivity index (χ1n) is 10.6. The van der Waals surface area contributed by atoms with Gasteiger partial charge in [-0.1, -0.05) is 23.9 Å². The lowest BCUT2D eigenvalue weighted by Gasteiger charge is -2.10. The topological polar surface area (TPSA) is 89.5 Å². The van der Waals surface area contributed by atoms with E-state index in [1.165, 1.54) is 35.0 Å². The summed E-state index contributed by atoms with van der Waals surface area (Å²) in [6.07, 6.45) is 4.57. The molecule has 6 rings (SSSR count). The third-order valence-electron chi connectivity index (χ3n) is 5.73. The van der Waals surface area contributed by atoms with Gasteiger partial charge in [-0.15, -0.1) is 26.6 Å². The summed E-state index contributed by atoms with van der Waals surface area (Å²) in [5.74, 6) is 1.52. The number of aromatic nitrogens is 6. The molecule has 1 aliphatic carbocycles. The summed E-state index contributed by atoms with van der Waals surface area (Å²) >= 11 is 3.19. The van der Waals surface area contributed by atoms with Crippen LogP contribution in [-0.4, -0.2) is 40.9 Å². The summed E-state index contributed by atoms with van der Waals surface area (Å²) < 4.78 is 3.84. The van der Waals surface area contributed by atoms with Crippen molar-refractivity contribution in [3.05, 3.63) is 46.1 Å². The van der Waals surface area contributed by atoms with E-state index in [4.69, 9.17) is 4.98 Å². The Morgan fingerprint density at radius 1 is 1.22 bits per heavy atom. The van der Waals surface area contributed by atoms with Gasteiger partial charge in [0, 0.05) is 10.6 Å². The number of amides is 1. The zero-order chi connectivity index (χ0) is 21.8. The number of aryl methyl sites for hydroxylation is 4. The number of anilines is 1. The second kappa shape index (κ2) is 7.56. The van der Waals surface area contributed by atoms with Crippen LogP contribution in [0, 0.1) is 13.8 Å². The summed E-state index contributed by atoms with van der Waals surface area (Å²) in [5, 5.41) is 18.2. The molecule has 0 saturated heterocycles. The van der Waals surface area contributed by atoms with E-state index in [1.807, 2.05) is 42.5 Å². The number of carbonyl (C=O) groups is 1. The van der Waals surface area contributed by atoms with Crippen molar-refractivity contribution in [3.8, 4) is 0 Å². The molecule has 4 aromatic heterocycles. The van der Waals surface area contributed by atoms with Gasteiger partial charge in [-0.25, -0.2) is 9.38 Å². The van der Waals surface area contributed by atoms with Crippen LogP contribution >= 0.6 is 23.1 Å². The van der Waals surface area contributed by atoms with Crippen LogP contribution in [0.5, 0.6) is 0 Å². The highest BCUT2D eigenvalue weighted by Crippen LogP contribution is 2.39. The summed E-state index contributed by atoms with van der Waals surface area (Å²) in [6.45, 7) is 3.90. The lowest BCUT2D eigenvalue weighted by molar-refractivity contribution is -0.113. The minimum Gasteiger partial charge on any atom is -0.325 e. The monoisotopic (exact) mass is 463 g/mol. The van der Waals surface area contributed by atoms with Crippen LogP contribution in [0.15, 0.2) is 29.4 Å². The molecule has 5 aromatic rings. The molecule has 0 bridgehead atoms. The molecule has 0 atom stereocenters. The molecule has 32 heavy (non-hydrogen) atoms. The fourth-order valence-electron chi connectivity index (χ4n) is 4.38. The Kier molecular flexibility index (Phi) is 4.65. The largest absolute Gasteiger partial charge is 0.325 e. The fourth-order valence-corrected chi connectivity index (χ4v) is 6.55. The number of rotatable bonds is 4. The van der Waals surface area contributed by atoms with Crippen LogP contribution < -0.4 is 5.32 Å². The van der Waals surface area contributed by atoms with Crippen LogP contribution in [-0.2, 0) is 17.6 Å². The molecular weight excluding hydrogens is 442 g/mol. The van der Waals surface area contributed by atoms with E-state index < -0.39 is 0 Å².